The fourth-order valence-corrected chi connectivity index (χ4v) is 3.64. The number of morpholine rings is 1. The van der Waals surface area contributed by atoms with Crippen molar-refractivity contribution < 1.29 is 9.30 Å². The van der Waals surface area contributed by atoms with Gasteiger partial charge in [0.25, 0.3) is 0 Å². The van der Waals surface area contributed by atoms with Crippen LogP contribution in [0.15, 0.2) is 18.2 Å². The highest BCUT2D eigenvalue weighted by Crippen LogP contribution is 2.45. The standard InChI is InChI=1S/C10H15Cl2N4O2P/c11-9-2-1-8(7-10(9)12)14-19(17,15-13)16-3-5-18-6-4-16/h1-2,7H,3-6,13H2,(H2,14,15,17). The van der Waals surface area contributed by atoms with E-state index in [0.29, 0.717) is 42.0 Å². The molecule has 106 valence electrons. The number of halogens is 2. The normalized spacial score (nSPS) is 19.9. The summed E-state index contributed by atoms with van der Waals surface area (Å²) in [6, 6.07) is 4.93. The van der Waals surface area contributed by atoms with Gasteiger partial charge in [-0.05, 0) is 18.2 Å². The first-order chi connectivity index (χ1) is 9.05. The molecule has 4 N–H and O–H groups in total. The Hall–Kier alpha value is -0.330. The predicted octanol–water partition coefficient (Wildman–Crippen LogP) is 2.31. The Morgan fingerprint density at radius 3 is 2.53 bits per heavy atom. The van der Waals surface area contributed by atoms with E-state index in [0.717, 1.165) is 0 Å². The highest BCUT2D eigenvalue weighted by atomic mass is 35.5. The van der Waals surface area contributed by atoms with Crippen molar-refractivity contribution >= 4 is 36.5 Å². The third kappa shape index (κ3) is 3.61. The van der Waals surface area contributed by atoms with E-state index in [-0.39, 0.29) is 0 Å². The number of ether oxygens (including phenoxy) is 1. The van der Waals surface area contributed by atoms with Gasteiger partial charge in [-0.3, -0.25) is 10.4 Å². The molecule has 0 saturated carbocycles. The SMILES string of the molecule is NNP(=O)(Nc1ccc(Cl)c(Cl)c1)N1CCOCC1. The Morgan fingerprint density at radius 2 is 1.95 bits per heavy atom. The molecule has 0 amide bonds. The van der Waals surface area contributed by atoms with Gasteiger partial charge < -0.3 is 9.82 Å². The molecule has 6 nitrogen and oxygen atoms in total. The lowest BCUT2D eigenvalue weighted by atomic mass is 10.3. The van der Waals surface area contributed by atoms with Gasteiger partial charge in [0, 0.05) is 18.8 Å². The van der Waals surface area contributed by atoms with Crippen molar-refractivity contribution in [2.45, 2.75) is 0 Å². The lowest BCUT2D eigenvalue weighted by molar-refractivity contribution is 0.0716. The number of nitrogens with two attached hydrogens (primary N) is 1. The summed E-state index contributed by atoms with van der Waals surface area (Å²) in [7, 11) is -3.10. The maximum absolute atomic E-state index is 12.7. The molecule has 1 heterocycles. The number of nitrogens with one attached hydrogen (secondary N) is 2. The molecule has 9 heteroatoms. The molecule has 0 spiro atoms. The largest absolute Gasteiger partial charge is 0.379 e. The second kappa shape index (κ2) is 6.41. The Bertz CT molecular complexity index is 496. The minimum absolute atomic E-state index is 0.386. The van der Waals surface area contributed by atoms with Crippen molar-refractivity contribution in [2.24, 2.45) is 5.84 Å². The number of anilines is 1. The molecule has 1 aliphatic heterocycles. The summed E-state index contributed by atoms with van der Waals surface area (Å²) in [5, 5.41) is 6.08. The first-order valence-corrected chi connectivity index (χ1v) is 8.11. The number of hydrazine groups is 1. The monoisotopic (exact) mass is 324 g/mol. The molecule has 0 aromatic heterocycles. The maximum Gasteiger partial charge on any atom is 0.319 e. The first-order valence-electron chi connectivity index (χ1n) is 5.69. The van der Waals surface area contributed by atoms with E-state index < -0.39 is 7.59 Å². The summed E-state index contributed by atoms with van der Waals surface area (Å²) in [5.74, 6) is 5.44. The second-order valence-corrected chi connectivity index (χ2v) is 7.03. The van der Waals surface area contributed by atoms with Gasteiger partial charge in [0.1, 0.15) is 0 Å². The van der Waals surface area contributed by atoms with Crippen LogP contribution in [-0.4, -0.2) is 31.0 Å². The van der Waals surface area contributed by atoms with Gasteiger partial charge in [-0.1, -0.05) is 23.2 Å². The van der Waals surface area contributed by atoms with E-state index in [2.05, 4.69) is 10.3 Å². The molecular weight excluding hydrogens is 310 g/mol. The van der Waals surface area contributed by atoms with Crippen LogP contribution in [0.3, 0.4) is 0 Å². The van der Waals surface area contributed by atoms with Crippen LogP contribution in [0.25, 0.3) is 0 Å². The minimum Gasteiger partial charge on any atom is -0.379 e. The molecule has 1 saturated heterocycles. The molecule has 1 unspecified atom stereocenters. The van der Waals surface area contributed by atoms with E-state index in [1.54, 1.807) is 22.9 Å². The van der Waals surface area contributed by atoms with Crippen LogP contribution in [0.5, 0.6) is 0 Å². The summed E-state index contributed by atoms with van der Waals surface area (Å²) in [4.78, 5) is 0. The molecule has 0 bridgehead atoms. The van der Waals surface area contributed by atoms with Crippen LogP contribution in [0.2, 0.25) is 10.0 Å². The van der Waals surface area contributed by atoms with E-state index in [1.807, 2.05) is 0 Å². The summed E-state index contributed by atoms with van der Waals surface area (Å²) >= 11 is 11.8. The van der Waals surface area contributed by atoms with Gasteiger partial charge in [-0.15, -0.1) is 0 Å². The molecule has 1 aliphatic rings. The van der Waals surface area contributed by atoms with E-state index in [1.165, 1.54) is 0 Å². The van der Waals surface area contributed by atoms with Gasteiger partial charge >= 0.3 is 7.59 Å². The zero-order valence-electron chi connectivity index (χ0n) is 10.1. The average Bonchev–Trinajstić information content (AvgIpc) is 2.44. The highest BCUT2D eigenvalue weighted by molar-refractivity contribution is 7.60. The molecule has 1 atom stereocenters. The molecule has 1 fully saturated rings. The number of hydrogen-bond donors (Lipinski definition) is 3. The van der Waals surface area contributed by atoms with Crippen molar-refractivity contribution in [3.63, 3.8) is 0 Å². The molecule has 1 aromatic carbocycles. The summed E-state index contributed by atoms with van der Waals surface area (Å²) < 4.78 is 19.7. The second-order valence-electron chi connectivity index (χ2n) is 4.01. The zero-order valence-corrected chi connectivity index (χ0v) is 12.5. The maximum atomic E-state index is 12.7. The lowest BCUT2D eigenvalue weighted by Crippen LogP contribution is -2.41. The van der Waals surface area contributed by atoms with Crippen molar-refractivity contribution in [2.75, 3.05) is 31.4 Å². The van der Waals surface area contributed by atoms with Crippen LogP contribution in [0.1, 0.15) is 0 Å². The summed E-state index contributed by atoms with van der Waals surface area (Å²) in [5.41, 5.74) is 0.585. The quantitative estimate of drug-likeness (QED) is 0.448. The minimum atomic E-state index is -3.10. The molecule has 2 rings (SSSR count). The van der Waals surface area contributed by atoms with Crippen molar-refractivity contribution in [1.82, 2.24) is 9.87 Å². The van der Waals surface area contributed by atoms with Gasteiger partial charge in [-0.25, -0.2) is 4.67 Å². The van der Waals surface area contributed by atoms with Crippen LogP contribution in [-0.2, 0) is 9.30 Å². The fraction of sp³-hybridized carbons (Fsp3) is 0.400. The van der Waals surface area contributed by atoms with Crippen molar-refractivity contribution in [1.29, 1.82) is 0 Å². The summed E-state index contributed by atoms with van der Waals surface area (Å²) in [6.45, 7) is 2.12. The molecule has 0 radical (unpaired) electrons. The Morgan fingerprint density at radius 1 is 1.26 bits per heavy atom. The highest BCUT2D eigenvalue weighted by Gasteiger charge is 2.31. The Kier molecular flexibility index (Phi) is 5.09. The topological polar surface area (TPSA) is 79.6 Å². The molecule has 0 aliphatic carbocycles. The Balaban J connectivity index is 2.17. The van der Waals surface area contributed by atoms with Gasteiger partial charge in [0.2, 0.25) is 0 Å². The first kappa shape index (κ1) is 15.1. The summed E-state index contributed by atoms with van der Waals surface area (Å²) in [6.07, 6.45) is 0. The van der Waals surface area contributed by atoms with Crippen molar-refractivity contribution in [3.05, 3.63) is 28.2 Å². The van der Waals surface area contributed by atoms with Gasteiger partial charge in [0.15, 0.2) is 0 Å². The number of benzene rings is 1. The van der Waals surface area contributed by atoms with E-state index >= 15 is 0 Å². The van der Waals surface area contributed by atoms with E-state index in [9.17, 15) is 4.57 Å². The smallest absolute Gasteiger partial charge is 0.319 e. The third-order valence-corrected chi connectivity index (χ3v) is 5.61. The zero-order chi connectivity index (χ0) is 13.9. The van der Waals surface area contributed by atoms with Gasteiger partial charge in [0.05, 0.1) is 23.3 Å². The van der Waals surface area contributed by atoms with Crippen molar-refractivity contribution in [3.8, 4) is 0 Å². The lowest BCUT2D eigenvalue weighted by Gasteiger charge is -2.34. The van der Waals surface area contributed by atoms with Crippen LogP contribution >= 0.6 is 30.8 Å². The average molecular weight is 325 g/mol. The fourth-order valence-electron chi connectivity index (χ4n) is 1.76. The Labute approximate surface area is 121 Å². The van der Waals surface area contributed by atoms with Gasteiger partial charge in [-0.2, -0.15) is 5.20 Å². The number of nitrogens with zero attached hydrogens (tertiary/aromatic N) is 1. The van der Waals surface area contributed by atoms with E-state index in [4.69, 9.17) is 33.8 Å². The predicted molar refractivity (Wildman–Crippen MR) is 77.4 cm³/mol. The van der Waals surface area contributed by atoms with Crippen LogP contribution in [0.4, 0.5) is 5.69 Å². The molecule has 1 aromatic rings. The molecule has 19 heavy (non-hydrogen) atoms. The van der Waals surface area contributed by atoms with Crippen LogP contribution < -0.4 is 16.1 Å². The number of rotatable bonds is 4. The molecular formula is C10H15Cl2N4O2P. The van der Waals surface area contributed by atoms with Crippen LogP contribution in [0, 0.1) is 0 Å². The third-order valence-electron chi connectivity index (χ3n) is 2.76. The number of hydrogen-bond acceptors (Lipinski definition) is 3.